The van der Waals surface area contributed by atoms with Crippen molar-refractivity contribution in [3.8, 4) is 34.4 Å². The van der Waals surface area contributed by atoms with Crippen molar-refractivity contribution in [2.24, 2.45) is 0 Å². The average molecular weight is 535 g/mol. The van der Waals surface area contributed by atoms with Gasteiger partial charge in [0.15, 0.2) is 0 Å². The number of carbonyl (C=O) groups is 1. The Kier molecular flexibility index (Phi) is 8.12. The van der Waals surface area contributed by atoms with E-state index in [0.717, 1.165) is 16.7 Å². The largest absolute Gasteiger partial charge is 0.495 e. The van der Waals surface area contributed by atoms with Crippen molar-refractivity contribution in [1.82, 2.24) is 15.0 Å². The van der Waals surface area contributed by atoms with Gasteiger partial charge in [0.25, 0.3) is 0 Å². The lowest BCUT2D eigenvalue weighted by molar-refractivity contribution is 0.262. The van der Waals surface area contributed by atoms with Gasteiger partial charge in [0, 0.05) is 31.2 Å². The van der Waals surface area contributed by atoms with Gasteiger partial charge in [0.2, 0.25) is 11.8 Å². The molecule has 0 aliphatic heterocycles. The standard InChI is InChI=1S/C27H27ClN6O4/c1-15-16(2)22(38-25-17(7-6-11-30-25)20-10-12-31-26(29-3)32-20)9-8-19(15)33-27(35)34-21-13-18(28)23(36-4)14-24(21)37-5/h6-14H,1-5H3,(H,29,31,32)(H2,33,34,35). The van der Waals surface area contributed by atoms with Crippen LogP contribution in [0.4, 0.5) is 22.1 Å². The number of rotatable bonds is 8. The molecule has 2 aromatic carbocycles. The lowest BCUT2D eigenvalue weighted by atomic mass is 10.1. The second-order valence-corrected chi connectivity index (χ2v) is 8.51. The summed E-state index contributed by atoms with van der Waals surface area (Å²) in [6.45, 7) is 3.80. The van der Waals surface area contributed by atoms with E-state index in [9.17, 15) is 4.79 Å². The normalized spacial score (nSPS) is 10.5. The third kappa shape index (κ3) is 5.70. The first-order chi connectivity index (χ1) is 18.3. The number of urea groups is 1. The minimum atomic E-state index is -0.461. The minimum Gasteiger partial charge on any atom is -0.495 e. The molecule has 0 unspecified atom stereocenters. The SMILES string of the molecule is CNc1nccc(-c2cccnc2Oc2ccc(NC(=O)Nc3cc(Cl)c(OC)cc3OC)c(C)c2C)n1. The number of methoxy groups -OCH3 is 2. The number of anilines is 3. The number of halogens is 1. The molecule has 4 aromatic rings. The molecule has 0 aliphatic rings. The summed E-state index contributed by atoms with van der Waals surface area (Å²) in [4.78, 5) is 25.9. The number of carbonyl (C=O) groups excluding carboxylic acids is 1. The molecule has 0 radical (unpaired) electrons. The Balaban J connectivity index is 1.54. The summed E-state index contributed by atoms with van der Waals surface area (Å²) in [6, 6.07) is 11.7. The predicted molar refractivity (Wildman–Crippen MR) is 148 cm³/mol. The van der Waals surface area contributed by atoms with Crippen LogP contribution in [-0.2, 0) is 0 Å². The number of hydrogen-bond acceptors (Lipinski definition) is 8. The lowest BCUT2D eigenvalue weighted by Crippen LogP contribution is -2.20. The first-order valence-corrected chi connectivity index (χ1v) is 12.0. The molecule has 10 nitrogen and oxygen atoms in total. The summed E-state index contributed by atoms with van der Waals surface area (Å²) in [6.07, 6.45) is 3.32. The molecule has 196 valence electrons. The molecule has 2 heterocycles. The van der Waals surface area contributed by atoms with Crippen LogP contribution in [0.5, 0.6) is 23.1 Å². The van der Waals surface area contributed by atoms with E-state index in [2.05, 4.69) is 30.9 Å². The van der Waals surface area contributed by atoms with E-state index in [1.54, 1.807) is 49.8 Å². The molecular formula is C27H27ClN6O4. The number of nitrogens with one attached hydrogen (secondary N) is 3. The highest BCUT2D eigenvalue weighted by molar-refractivity contribution is 6.32. The maximum Gasteiger partial charge on any atom is 0.323 e. The molecule has 2 amide bonds. The second kappa shape index (κ2) is 11.7. The van der Waals surface area contributed by atoms with Gasteiger partial charge in [-0.05, 0) is 61.4 Å². The van der Waals surface area contributed by atoms with Gasteiger partial charge in [0.1, 0.15) is 17.2 Å². The van der Waals surface area contributed by atoms with Crippen molar-refractivity contribution in [2.45, 2.75) is 13.8 Å². The predicted octanol–water partition coefficient (Wildman–Crippen LogP) is 6.30. The van der Waals surface area contributed by atoms with Gasteiger partial charge in [-0.25, -0.2) is 19.7 Å². The van der Waals surface area contributed by atoms with Crippen molar-refractivity contribution < 1.29 is 19.0 Å². The van der Waals surface area contributed by atoms with Crippen LogP contribution >= 0.6 is 11.6 Å². The molecule has 38 heavy (non-hydrogen) atoms. The van der Waals surface area contributed by atoms with Crippen molar-refractivity contribution in [3.05, 3.63) is 71.0 Å². The van der Waals surface area contributed by atoms with Crippen LogP contribution < -0.4 is 30.2 Å². The van der Waals surface area contributed by atoms with Crippen LogP contribution in [0.15, 0.2) is 54.9 Å². The van der Waals surface area contributed by atoms with E-state index in [1.165, 1.54) is 14.2 Å². The van der Waals surface area contributed by atoms with E-state index < -0.39 is 6.03 Å². The monoisotopic (exact) mass is 534 g/mol. The van der Waals surface area contributed by atoms with Crippen molar-refractivity contribution in [1.29, 1.82) is 0 Å². The van der Waals surface area contributed by atoms with Crippen LogP contribution in [0.1, 0.15) is 11.1 Å². The van der Waals surface area contributed by atoms with Crippen molar-refractivity contribution >= 4 is 35.0 Å². The maximum absolute atomic E-state index is 12.8. The zero-order chi connectivity index (χ0) is 27.2. The molecule has 0 saturated carbocycles. The number of nitrogens with zero attached hydrogens (tertiary/aromatic N) is 3. The van der Waals surface area contributed by atoms with Gasteiger partial charge in [-0.15, -0.1) is 0 Å². The van der Waals surface area contributed by atoms with Crippen LogP contribution in [0, 0.1) is 13.8 Å². The first kappa shape index (κ1) is 26.5. The summed E-state index contributed by atoms with van der Waals surface area (Å²) in [5.41, 5.74) is 4.07. The van der Waals surface area contributed by atoms with Gasteiger partial charge in [0.05, 0.1) is 36.2 Å². The molecule has 4 rings (SSSR count). The molecule has 2 aromatic heterocycles. The summed E-state index contributed by atoms with van der Waals surface area (Å²) in [7, 11) is 4.75. The van der Waals surface area contributed by atoms with Crippen LogP contribution in [0.25, 0.3) is 11.3 Å². The molecule has 0 atom stereocenters. The molecular weight excluding hydrogens is 508 g/mol. The first-order valence-electron chi connectivity index (χ1n) is 11.6. The summed E-state index contributed by atoms with van der Waals surface area (Å²) < 4.78 is 16.8. The van der Waals surface area contributed by atoms with Gasteiger partial charge in [-0.2, -0.15) is 0 Å². The van der Waals surface area contributed by atoms with E-state index in [-0.39, 0.29) is 0 Å². The molecule has 0 bridgehead atoms. The van der Waals surface area contributed by atoms with E-state index >= 15 is 0 Å². The average Bonchev–Trinajstić information content (AvgIpc) is 2.93. The quantitative estimate of drug-likeness (QED) is 0.241. The maximum atomic E-state index is 12.8. The summed E-state index contributed by atoms with van der Waals surface area (Å²) >= 11 is 6.22. The van der Waals surface area contributed by atoms with Crippen molar-refractivity contribution in [2.75, 3.05) is 37.2 Å². The summed E-state index contributed by atoms with van der Waals surface area (Å²) in [5.74, 6) is 2.34. The third-order valence-electron chi connectivity index (χ3n) is 5.84. The Labute approximate surface area is 225 Å². The lowest BCUT2D eigenvalue weighted by Gasteiger charge is -2.17. The molecule has 0 saturated heterocycles. The molecule has 0 spiro atoms. The molecule has 0 fully saturated rings. The van der Waals surface area contributed by atoms with Gasteiger partial charge >= 0.3 is 6.03 Å². The highest BCUT2D eigenvalue weighted by Crippen LogP contribution is 2.37. The van der Waals surface area contributed by atoms with Crippen LogP contribution in [-0.4, -0.2) is 42.3 Å². The Bertz CT molecular complexity index is 1480. The van der Waals surface area contributed by atoms with E-state index in [1.807, 2.05) is 26.0 Å². The number of benzene rings is 2. The number of ether oxygens (including phenoxy) is 3. The minimum absolute atomic E-state index is 0.343. The fourth-order valence-electron chi connectivity index (χ4n) is 3.68. The zero-order valence-electron chi connectivity index (χ0n) is 21.5. The highest BCUT2D eigenvalue weighted by Gasteiger charge is 2.16. The number of aromatic nitrogens is 3. The van der Waals surface area contributed by atoms with Gasteiger partial charge in [-0.3, -0.25) is 0 Å². The molecule has 11 heteroatoms. The van der Waals surface area contributed by atoms with Crippen LogP contribution in [0.3, 0.4) is 0 Å². The van der Waals surface area contributed by atoms with E-state index in [4.69, 9.17) is 25.8 Å². The smallest absolute Gasteiger partial charge is 0.323 e. The Morgan fingerprint density at radius 3 is 2.37 bits per heavy atom. The number of amides is 2. The van der Waals surface area contributed by atoms with Gasteiger partial charge in [-0.1, -0.05) is 11.6 Å². The topological polar surface area (TPSA) is 120 Å². The Morgan fingerprint density at radius 2 is 1.63 bits per heavy atom. The van der Waals surface area contributed by atoms with Crippen LogP contribution in [0.2, 0.25) is 5.02 Å². The third-order valence-corrected chi connectivity index (χ3v) is 6.14. The molecule has 0 aliphatic carbocycles. The zero-order valence-corrected chi connectivity index (χ0v) is 22.3. The fourth-order valence-corrected chi connectivity index (χ4v) is 3.92. The van der Waals surface area contributed by atoms with E-state index in [0.29, 0.717) is 51.2 Å². The number of pyridine rings is 1. The fraction of sp³-hybridized carbons (Fsp3) is 0.185. The second-order valence-electron chi connectivity index (χ2n) is 8.10. The Morgan fingerprint density at radius 1 is 0.868 bits per heavy atom. The van der Waals surface area contributed by atoms with Crippen molar-refractivity contribution in [3.63, 3.8) is 0 Å². The highest BCUT2D eigenvalue weighted by atomic mass is 35.5. The van der Waals surface area contributed by atoms with Gasteiger partial charge < -0.3 is 30.2 Å². The Hall–Kier alpha value is -4.57. The molecule has 3 N–H and O–H groups in total. The summed E-state index contributed by atoms with van der Waals surface area (Å²) in [5, 5.41) is 8.90. The number of hydrogen-bond donors (Lipinski definition) is 3.